The van der Waals surface area contributed by atoms with Crippen LogP contribution < -0.4 is 4.72 Å². The number of nitro groups is 1. The first-order valence-electron chi connectivity index (χ1n) is 4.72. The van der Waals surface area contributed by atoms with Gasteiger partial charge < -0.3 is 0 Å². The molecule has 2 N–H and O–H groups in total. The van der Waals surface area contributed by atoms with Gasteiger partial charge in [0.25, 0.3) is 15.7 Å². The highest BCUT2D eigenvalue weighted by molar-refractivity contribution is 7.92. The molecule has 19 heavy (non-hydrogen) atoms. The van der Waals surface area contributed by atoms with E-state index in [2.05, 4.69) is 15.2 Å². The Morgan fingerprint density at radius 3 is 2.74 bits per heavy atom. The summed E-state index contributed by atoms with van der Waals surface area (Å²) in [6.07, 6.45) is 1.04. The highest BCUT2D eigenvalue weighted by Gasteiger charge is 2.23. The number of nitrogens with one attached hydrogen (secondary N) is 2. The number of non-ortho nitro benzene ring substituents is 1. The van der Waals surface area contributed by atoms with Crippen LogP contribution in [0.1, 0.15) is 0 Å². The monoisotopic (exact) mass is 287 g/mol. The Morgan fingerprint density at radius 1 is 1.42 bits per heavy atom. The molecule has 1 aromatic heterocycles. The van der Waals surface area contributed by atoms with Gasteiger partial charge in [0.1, 0.15) is 17.0 Å². The van der Waals surface area contributed by atoms with Crippen molar-refractivity contribution in [1.82, 2.24) is 15.2 Å². The summed E-state index contributed by atoms with van der Waals surface area (Å²) in [6, 6.07) is 2.18. The van der Waals surface area contributed by atoms with Gasteiger partial charge >= 0.3 is 0 Å². The van der Waals surface area contributed by atoms with Gasteiger partial charge in [-0.15, -0.1) is 0 Å². The lowest BCUT2D eigenvalue weighted by atomic mass is 10.3. The van der Waals surface area contributed by atoms with Crippen LogP contribution in [0.15, 0.2) is 29.4 Å². The van der Waals surface area contributed by atoms with Crippen molar-refractivity contribution in [2.75, 3.05) is 4.72 Å². The molecule has 2 aromatic rings. The zero-order valence-electron chi connectivity index (χ0n) is 9.07. The minimum atomic E-state index is -4.33. The van der Waals surface area contributed by atoms with Gasteiger partial charge in [0.2, 0.25) is 5.95 Å². The largest absolute Gasteiger partial charge is 0.271 e. The third kappa shape index (κ3) is 2.65. The van der Waals surface area contributed by atoms with Gasteiger partial charge in [-0.05, 0) is 6.07 Å². The Bertz CT molecular complexity index is 715. The Hall–Kier alpha value is -2.56. The summed E-state index contributed by atoms with van der Waals surface area (Å²) in [5.74, 6) is -1.34. The number of nitro benzene ring substituents is 1. The second-order valence-corrected chi connectivity index (χ2v) is 4.96. The second kappa shape index (κ2) is 4.61. The van der Waals surface area contributed by atoms with E-state index in [1.54, 1.807) is 0 Å². The number of nitrogens with zero attached hydrogens (tertiary/aromatic N) is 3. The molecule has 0 aliphatic rings. The summed E-state index contributed by atoms with van der Waals surface area (Å²) >= 11 is 0. The van der Waals surface area contributed by atoms with Crippen LogP contribution in [0.4, 0.5) is 16.0 Å². The number of hydrogen-bond acceptors (Lipinski definition) is 6. The topological polar surface area (TPSA) is 131 Å². The van der Waals surface area contributed by atoms with Crippen molar-refractivity contribution in [3.63, 3.8) is 0 Å². The molecule has 1 heterocycles. The zero-order chi connectivity index (χ0) is 14.0. The number of H-pyrrole nitrogens is 1. The van der Waals surface area contributed by atoms with E-state index in [4.69, 9.17) is 0 Å². The molecule has 0 saturated heterocycles. The Kier molecular flexibility index (Phi) is 3.12. The standard InChI is InChI=1S/C8H6FN5O4S/c9-6-2-1-5(14(15)16)3-7(6)19(17,18)13-8-10-4-11-12-8/h1-4H,(H2,10,11,12,13). The maximum Gasteiger partial charge on any atom is 0.271 e. The smallest absolute Gasteiger partial charge is 0.258 e. The lowest BCUT2D eigenvalue weighted by Crippen LogP contribution is -2.15. The van der Waals surface area contributed by atoms with Crippen molar-refractivity contribution >= 4 is 21.7 Å². The fourth-order valence-electron chi connectivity index (χ4n) is 1.25. The lowest BCUT2D eigenvalue weighted by molar-refractivity contribution is -0.385. The Morgan fingerprint density at radius 2 is 2.16 bits per heavy atom. The lowest BCUT2D eigenvalue weighted by Gasteiger charge is -2.05. The highest BCUT2D eigenvalue weighted by atomic mass is 32.2. The van der Waals surface area contributed by atoms with Crippen molar-refractivity contribution in [2.45, 2.75) is 4.90 Å². The molecule has 0 saturated carbocycles. The number of rotatable bonds is 4. The molecule has 0 bridgehead atoms. The van der Waals surface area contributed by atoms with E-state index >= 15 is 0 Å². The number of benzene rings is 1. The quantitative estimate of drug-likeness (QED) is 0.627. The Labute approximate surface area is 105 Å². The molecular formula is C8H6FN5O4S. The van der Waals surface area contributed by atoms with Gasteiger partial charge in [-0.1, -0.05) is 0 Å². The summed E-state index contributed by atoms with van der Waals surface area (Å²) in [6.45, 7) is 0. The van der Waals surface area contributed by atoms with Crippen LogP contribution >= 0.6 is 0 Å². The van der Waals surface area contributed by atoms with Crippen LogP contribution in [-0.2, 0) is 10.0 Å². The van der Waals surface area contributed by atoms with E-state index in [0.717, 1.165) is 12.4 Å². The van der Waals surface area contributed by atoms with Crippen molar-refractivity contribution in [3.05, 3.63) is 40.5 Å². The summed E-state index contributed by atoms with van der Waals surface area (Å²) in [4.78, 5) is 12.4. The summed E-state index contributed by atoms with van der Waals surface area (Å²) < 4.78 is 39.0. The van der Waals surface area contributed by atoms with Gasteiger partial charge in [-0.2, -0.15) is 10.1 Å². The maximum absolute atomic E-state index is 13.5. The molecule has 0 spiro atoms. The van der Waals surface area contributed by atoms with Crippen LogP contribution in [0.25, 0.3) is 0 Å². The van der Waals surface area contributed by atoms with E-state index in [0.29, 0.717) is 12.1 Å². The second-order valence-electron chi connectivity index (χ2n) is 3.31. The summed E-state index contributed by atoms with van der Waals surface area (Å²) in [7, 11) is -4.33. The molecular weight excluding hydrogens is 281 g/mol. The third-order valence-corrected chi connectivity index (χ3v) is 3.42. The van der Waals surface area contributed by atoms with E-state index in [1.165, 1.54) is 0 Å². The number of sulfonamides is 1. The summed E-state index contributed by atoms with van der Waals surface area (Å²) in [5, 5.41) is 16.2. The predicted molar refractivity (Wildman–Crippen MR) is 60.2 cm³/mol. The predicted octanol–water partition coefficient (Wildman–Crippen LogP) is 0.653. The molecule has 1 aromatic carbocycles. The average Bonchev–Trinajstić information content (AvgIpc) is 2.81. The zero-order valence-corrected chi connectivity index (χ0v) is 9.89. The SMILES string of the molecule is O=[N+]([O-])c1ccc(F)c(S(=O)(=O)Nc2ncn[nH]2)c1. The molecule has 0 unspecified atom stereocenters. The first-order chi connectivity index (χ1) is 8.90. The first-order valence-corrected chi connectivity index (χ1v) is 6.20. The van der Waals surface area contributed by atoms with Crippen LogP contribution in [0.3, 0.4) is 0 Å². The fraction of sp³-hybridized carbons (Fsp3) is 0. The number of anilines is 1. The van der Waals surface area contributed by atoms with Crippen LogP contribution in [0.5, 0.6) is 0 Å². The van der Waals surface area contributed by atoms with Crippen molar-refractivity contribution in [2.24, 2.45) is 0 Å². The van der Waals surface area contributed by atoms with E-state index in [-0.39, 0.29) is 5.95 Å². The molecule has 100 valence electrons. The number of hydrogen-bond donors (Lipinski definition) is 2. The molecule has 0 fully saturated rings. The third-order valence-electron chi connectivity index (χ3n) is 2.06. The molecule has 0 radical (unpaired) electrons. The fourth-order valence-corrected chi connectivity index (χ4v) is 2.31. The molecule has 0 atom stereocenters. The normalized spacial score (nSPS) is 11.2. The van der Waals surface area contributed by atoms with Gasteiger partial charge in [-0.25, -0.2) is 22.6 Å². The van der Waals surface area contributed by atoms with Crippen LogP contribution in [-0.4, -0.2) is 28.5 Å². The first kappa shape index (κ1) is 12.9. The van der Waals surface area contributed by atoms with E-state index < -0.39 is 31.3 Å². The average molecular weight is 287 g/mol. The van der Waals surface area contributed by atoms with Gasteiger partial charge in [0.15, 0.2) is 0 Å². The summed E-state index contributed by atoms with van der Waals surface area (Å²) in [5.41, 5.74) is -0.542. The van der Waals surface area contributed by atoms with Crippen molar-refractivity contribution in [3.8, 4) is 0 Å². The van der Waals surface area contributed by atoms with Crippen LogP contribution in [0.2, 0.25) is 0 Å². The minimum absolute atomic E-state index is 0.231. The Balaban J connectivity index is 2.45. The van der Waals surface area contributed by atoms with Crippen LogP contribution in [0, 0.1) is 15.9 Å². The molecule has 11 heteroatoms. The molecule has 0 amide bonds. The number of aromatic nitrogens is 3. The van der Waals surface area contributed by atoms with Crippen molar-refractivity contribution in [1.29, 1.82) is 0 Å². The van der Waals surface area contributed by atoms with Crippen molar-refractivity contribution < 1.29 is 17.7 Å². The molecule has 9 nitrogen and oxygen atoms in total. The van der Waals surface area contributed by atoms with Gasteiger partial charge in [-0.3, -0.25) is 10.1 Å². The maximum atomic E-state index is 13.5. The van der Waals surface area contributed by atoms with Gasteiger partial charge in [0, 0.05) is 12.1 Å². The number of halogens is 1. The molecule has 0 aliphatic heterocycles. The molecule has 0 aliphatic carbocycles. The molecule has 2 rings (SSSR count). The van der Waals surface area contributed by atoms with E-state index in [1.807, 2.05) is 4.72 Å². The van der Waals surface area contributed by atoms with E-state index in [9.17, 15) is 22.9 Å². The number of aromatic amines is 1. The highest BCUT2D eigenvalue weighted by Crippen LogP contribution is 2.22. The van der Waals surface area contributed by atoms with Gasteiger partial charge in [0.05, 0.1) is 4.92 Å². The minimum Gasteiger partial charge on any atom is -0.258 e.